The van der Waals surface area contributed by atoms with Crippen LogP contribution in [0.3, 0.4) is 0 Å². The van der Waals surface area contributed by atoms with E-state index in [1.165, 1.54) is 0 Å². The summed E-state index contributed by atoms with van der Waals surface area (Å²) in [7, 11) is 0. The Kier molecular flexibility index (Phi) is 2.64. The number of carbonyl (C=O) groups is 1. The number of hydrogen-bond donors (Lipinski definition) is 1. The fraction of sp³-hybridized carbons (Fsp3) is 0.545. The van der Waals surface area contributed by atoms with Crippen LogP contribution in [0.1, 0.15) is 23.3 Å². The van der Waals surface area contributed by atoms with Gasteiger partial charge in [0.25, 0.3) is 5.91 Å². The number of nitrogens with zero attached hydrogens (tertiary/aromatic N) is 3. The van der Waals surface area contributed by atoms with Crippen LogP contribution >= 0.6 is 11.6 Å². The van der Waals surface area contributed by atoms with Crippen molar-refractivity contribution in [3.8, 4) is 0 Å². The van der Waals surface area contributed by atoms with E-state index in [2.05, 4.69) is 14.9 Å². The second kappa shape index (κ2) is 4.07. The van der Waals surface area contributed by atoms with Gasteiger partial charge in [0.05, 0.1) is 18.8 Å². The molecule has 0 unspecified atom stereocenters. The van der Waals surface area contributed by atoms with E-state index >= 15 is 0 Å². The van der Waals surface area contributed by atoms with Crippen LogP contribution in [0.2, 0.25) is 5.28 Å². The highest BCUT2D eigenvalue weighted by atomic mass is 35.5. The first kappa shape index (κ1) is 11.7. The molecule has 3 heterocycles. The van der Waals surface area contributed by atoms with Gasteiger partial charge in [0.1, 0.15) is 11.5 Å². The van der Waals surface area contributed by atoms with Gasteiger partial charge in [-0.1, -0.05) is 0 Å². The zero-order valence-corrected chi connectivity index (χ0v) is 10.5. The van der Waals surface area contributed by atoms with Crippen molar-refractivity contribution >= 4 is 23.3 Å². The maximum Gasteiger partial charge on any atom is 0.267 e. The molecule has 0 saturated carbocycles. The fourth-order valence-electron chi connectivity index (χ4n) is 2.60. The summed E-state index contributed by atoms with van der Waals surface area (Å²) in [5, 5.41) is 0.0450. The van der Waals surface area contributed by atoms with Crippen molar-refractivity contribution in [2.45, 2.75) is 18.4 Å². The van der Waals surface area contributed by atoms with E-state index in [0.29, 0.717) is 19.0 Å². The zero-order chi connectivity index (χ0) is 12.8. The fourth-order valence-corrected chi connectivity index (χ4v) is 2.78. The highest BCUT2D eigenvalue weighted by Gasteiger charge is 2.48. The van der Waals surface area contributed by atoms with E-state index in [9.17, 15) is 4.79 Å². The maximum atomic E-state index is 11.2. The SMILES string of the molecule is NC(=O)c1cc(N2CCCC23COC3)nc(Cl)n1. The molecule has 2 aliphatic rings. The molecule has 0 atom stereocenters. The number of aromatic nitrogens is 2. The highest BCUT2D eigenvalue weighted by molar-refractivity contribution is 6.28. The standard InChI is InChI=1S/C11H13ClN4O2/c12-10-14-7(9(13)17)4-8(15-10)16-3-1-2-11(16)5-18-6-11/h4H,1-3,5-6H2,(H2,13,17). The van der Waals surface area contributed by atoms with Gasteiger partial charge in [0.15, 0.2) is 0 Å². The van der Waals surface area contributed by atoms with Gasteiger partial charge in [-0.3, -0.25) is 4.79 Å². The summed E-state index contributed by atoms with van der Waals surface area (Å²) < 4.78 is 5.31. The van der Waals surface area contributed by atoms with Crippen LogP contribution in [-0.2, 0) is 4.74 Å². The van der Waals surface area contributed by atoms with E-state index in [4.69, 9.17) is 22.1 Å². The Labute approximate surface area is 109 Å². The molecular weight excluding hydrogens is 256 g/mol. The lowest BCUT2D eigenvalue weighted by atomic mass is 9.94. The summed E-state index contributed by atoms with van der Waals surface area (Å²) in [6.45, 7) is 2.27. The molecular formula is C11H13ClN4O2. The van der Waals surface area contributed by atoms with Crippen LogP contribution in [0.15, 0.2) is 6.07 Å². The third-order valence-corrected chi connectivity index (χ3v) is 3.72. The normalized spacial score (nSPS) is 21.1. The van der Waals surface area contributed by atoms with Gasteiger partial charge in [0, 0.05) is 12.6 Å². The Morgan fingerprint density at radius 3 is 2.89 bits per heavy atom. The molecule has 1 spiro atoms. The minimum atomic E-state index is -0.598. The van der Waals surface area contributed by atoms with E-state index in [-0.39, 0.29) is 16.5 Å². The summed E-state index contributed by atoms with van der Waals surface area (Å²) in [6.07, 6.45) is 2.15. The van der Waals surface area contributed by atoms with Gasteiger partial charge in [-0.2, -0.15) is 0 Å². The first-order valence-corrected chi connectivity index (χ1v) is 6.18. The highest BCUT2D eigenvalue weighted by Crippen LogP contribution is 2.38. The number of anilines is 1. The second-order valence-corrected chi connectivity index (χ2v) is 5.06. The molecule has 3 rings (SSSR count). The number of carbonyl (C=O) groups excluding carboxylic acids is 1. The molecule has 0 aromatic carbocycles. The molecule has 2 N–H and O–H groups in total. The predicted octanol–water partition coefficient (Wildman–Crippen LogP) is 0.598. The van der Waals surface area contributed by atoms with Crippen LogP contribution in [0.25, 0.3) is 0 Å². The van der Waals surface area contributed by atoms with Gasteiger partial charge in [-0.05, 0) is 24.4 Å². The molecule has 0 radical (unpaired) electrons. The molecule has 2 saturated heterocycles. The number of rotatable bonds is 2. The van der Waals surface area contributed by atoms with Crippen LogP contribution in [0.4, 0.5) is 5.82 Å². The molecule has 1 aromatic heterocycles. The Hall–Kier alpha value is -1.40. The number of amides is 1. The molecule has 0 aliphatic carbocycles. The summed E-state index contributed by atoms with van der Waals surface area (Å²) in [4.78, 5) is 21.4. The van der Waals surface area contributed by atoms with Gasteiger partial charge >= 0.3 is 0 Å². The number of ether oxygens (including phenoxy) is 1. The Balaban J connectivity index is 1.98. The lowest BCUT2D eigenvalue weighted by molar-refractivity contribution is -0.0507. The van der Waals surface area contributed by atoms with E-state index < -0.39 is 5.91 Å². The molecule has 1 amide bonds. The quantitative estimate of drug-likeness (QED) is 0.795. The minimum Gasteiger partial charge on any atom is -0.376 e. The lowest BCUT2D eigenvalue weighted by Crippen LogP contribution is -2.59. The van der Waals surface area contributed by atoms with Crippen LogP contribution in [-0.4, -0.2) is 41.2 Å². The van der Waals surface area contributed by atoms with Crippen LogP contribution in [0.5, 0.6) is 0 Å². The minimum absolute atomic E-state index is 0.0204. The average molecular weight is 269 g/mol. The van der Waals surface area contributed by atoms with Crippen molar-refractivity contribution in [3.05, 3.63) is 17.0 Å². The predicted molar refractivity (Wildman–Crippen MR) is 65.7 cm³/mol. The summed E-state index contributed by atoms with van der Waals surface area (Å²) in [6, 6.07) is 1.60. The maximum absolute atomic E-state index is 11.2. The van der Waals surface area contributed by atoms with Crippen molar-refractivity contribution in [3.63, 3.8) is 0 Å². The smallest absolute Gasteiger partial charge is 0.267 e. The third-order valence-electron chi connectivity index (χ3n) is 3.55. The molecule has 0 bridgehead atoms. The number of halogens is 1. The second-order valence-electron chi connectivity index (χ2n) is 4.72. The lowest BCUT2D eigenvalue weighted by Gasteiger charge is -2.45. The molecule has 2 aliphatic heterocycles. The topological polar surface area (TPSA) is 81.3 Å². The van der Waals surface area contributed by atoms with E-state index in [1.807, 2.05) is 0 Å². The van der Waals surface area contributed by atoms with Gasteiger partial charge in [-0.25, -0.2) is 9.97 Å². The molecule has 18 heavy (non-hydrogen) atoms. The molecule has 96 valence electrons. The van der Waals surface area contributed by atoms with Gasteiger partial charge in [0.2, 0.25) is 5.28 Å². The summed E-state index contributed by atoms with van der Waals surface area (Å²) in [5.74, 6) is 0.0586. The Morgan fingerprint density at radius 2 is 2.28 bits per heavy atom. The average Bonchev–Trinajstić information content (AvgIpc) is 2.72. The molecule has 6 nitrogen and oxygen atoms in total. The number of hydrogen-bond acceptors (Lipinski definition) is 5. The Bertz CT molecular complexity index is 504. The van der Waals surface area contributed by atoms with Crippen molar-refractivity contribution in [2.75, 3.05) is 24.7 Å². The van der Waals surface area contributed by atoms with E-state index in [1.54, 1.807) is 6.07 Å². The largest absolute Gasteiger partial charge is 0.376 e. The monoisotopic (exact) mass is 268 g/mol. The summed E-state index contributed by atoms with van der Waals surface area (Å²) >= 11 is 5.84. The van der Waals surface area contributed by atoms with Crippen molar-refractivity contribution in [2.24, 2.45) is 5.73 Å². The molecule has 2 fully saturated rings. The first-order chi connectivity index (χ1) is 8.61. The van der Waals surface area contributed by atoms with Crippen molar-refractivity contribution in [1.82, 2.24) is 9.97 Å². The van der Waals surface area contributed by atoms with Crippen molar-refractivity contribution < 1.29 is 9.53 Å². The first-order valence-electron chi connectivity index (χ1n) is 5.81. The molecule has 1 aromatic rings. The van der Waals surface area contributed by atoms with Gasteiger partial charge < -0.3 is 15.4 Å². The zero-order valence-electron chi connectivity index (χ0n) is 9.73. The number of primary amides is 1. The summed E-state index contributed by atoms with van der Waals surface area (Å²) in [5.41, 5.74) is 5.40. The Morgan fingerprint density at radius 1 is 1.50 bits per heavy atom. The third kappa shape index (κ3) is 1.72. The number of nitrogens with two attached hydrogens (primary N) is 1. The van der Waals surface area contributed by atoms with Crippen LogP contribution < -0.4 is 10.6 Å². The van der Waals surface area contributed by atoms with E-state index in [0.717, 1.165) is 19.4 Å². The molecule has 7 heteroatoms. The van der Waals surface area contributed by atoms with Crippen LogP contribution in [0, 0.1) is 0 Å². The van der Waals surface area contributed by atoms with Gasteiger partial charge in [-0.15, -0.1) is 0 Å². The van der Waals surface area contributed by atoms with Crippen molar-refractivity contribution in [1.29, 1.82) is 0 Å².